The number of amides is 1. The molecule has 0 unspecified atom stereocenters. The van der Waals surface area contributed by atoms with Gasteiger partial charge in [0.05, 0.1) is 14.7 Å². The molecule has 0 atom stereocenters. The van der Waals surface area contributed by atoms with Crippen LogP contribution in [0.2, 0.25) is 0 Å². The summed E-state index contributed by atoms with van der Waals surface area (Å²) in [7, 11) is -6.60. The third-order valence-corrected chi connectivity index (χ3v) is 8.75. The van der Waals surface area contributed by atoms with Crippen LogP contribution in [0.5, 0.6) is 0 Å². The van der Waals surface area contributed by atoms with Gasteiger partial charge in [0.25, 0.3) is 0 Å². The van der Waals surface area contributed by atoms with Gasteiger partial charge >= 0.3 is 0 Å². The van der Waals surface area contributed by atoms with Crippen LogP contribution in [0.15, 0.2) is 57.2 Å². The van der Waals surface area contributed by atoms with Gasteiger partial charge in [-0.15, -0.1) is 0 Å². The van der Waals surface area contributed by atoms with E-state index in [9.17, 15) is 26.0 Å². The van der Waals surface area contributed by atoms with E-state index in [0.717, 1.165) is 30.3 Å². The van der Waals surface area contributed by atoms with Crippen LogP contribution in [0, 0.1) is 12.7 Å². The first-order valence-corrected chi connectivity index (χ1v) is 12.9. The zero-order chi connectivity index (χ0) is 23.5. The average molecular weight is 485 g/mol. The monoisotopic (exact) mass is 484 g/mol. The number of halogens is 1. The SMILES string of the molecule is COCC(=O)N1CCC(NS(=O)(=O)c2cc(S(=O)(=O)c3ccc(F)cc3)ccc2C)CC1. The van der Waals surface area contributed by atoms with Crippen molar-refractivity contribution in [2.75, 3.05) is 26.8 Å². The number of carbonyl (C=O) groups is 1. The normalized spacial score (nSPS) is 15.7. The number of nitrogens with one attached hydrogen (secondary N) is 1. The van der Waals surface area contributed by atoms with Gasteiger partial charge < -0.3 is 9.64 Å². The smallest absolute Gasteiger partial charge is 0.248 e. The maximum absolute atomic E-state index is 13.2. The number of carbonyl (C=O) groups excluding carboxylic acids is 1. The Kier molecular flexibility index (Phi) is 7.33. The highest BCUT2D eigenvalue weighted by molar-refractivity contribution is 7.91. The van der Waals surface area contributed by atoms with E-state index >= 15 is 0 Å². The third kappa shape index (κ3) is 5.34. The molecule has 2 aromatic carbocycles. The van der Waals surface area contributed by atoms with Gasteiger partial charge in [-0.3, -0.25) is 4.79 Å². The quantitative estimate of drug-likeness (QED) is 0.601. The summed E-state index contributed by atoms with van der Waals surface area (Å²) in [5, 5.41) is 0. The van der Waals surface area contributed by atoms with Crippen LogP contribution in [0.4, 0.5) is 4.39 Å². The second-order valence-electron chi connectivity index (χ2n) is 7.59. The zero-order valence-corrected chi connectivity index (χ0v) is 19.4. The Bertz CT molecular complexity index is 1190. The van der Waals surface area contributed by atoms with E-state index in [1.807, 2.05) is 0 Å². The Morgan fingerprint density at radius 3 is 2.25 bits per heavy atom. The molecule has 1 saturated heterocycles. The summed E-state index contributed by atoms with van der Waals surface area (Å²) in [6.45, 7) is 2.35. The predicted molar refractivity (Wildman–Crippen MR) is 115 cm³/mol. The van der Waals surface area contributed by atoms with Crippen molar-refractivity contribution in [2.45, 2.75) is 40.5 Å². The molecule has 0 aromatic heterocycles. The molecule has 0 saturated carbocycles. The van der Waals surface area contributed by atoms with E-state index < -0.39 is 25.7 Å². The number of hydrogen-bond acceptors (Lipinski definition) is 6. The molecule has 0 spiro atoms. The molecule has 32 heavy (non-hydrogen) atoms. The van der Waals surface area contributed by atoms with Crippen LogP contribution in [0.3, 0.4) is 0 Å². The van der Waals surface area contributed by atoms with Crippen LogP contribution in [0.1, 0.15) is 18.4 Å². The van der Waals surface area contributed by atoms with Gasteiger partial charge in [-0.25, -0.2) is 25.9 Å². The number of sulfonamides is 1. The topological polar surface area (TPSA) is 110 Å². The summed E-state index contributed by atoms with van der Waals surface area (Å²) in [4.78, 5) is 13.1. The minimum atomic E-state index is -4.03. The molecule has 0 radical (unpaired) electrons. The molecule has 1 fully saturated rings. The molecule has 1 aliphatic rings. The molecule has 174 valence electrons. The number of aryl methyl sites for hydroxylation is 1. The second kappa shape index (κ2) is 9.65. The van der Waals surface area contributed by atoms with Gasteiger partial charge in [-0.05, 0) is 61.7 Å². The number of benzene rings is 2. The number of piperidine rings is 1. The van der Waals surface area contributed by atoms with E-state index in [2.05, 4.69) is 4.72 Å². The van der Waals surface area contributed by atoms with Crippen molar-refractivity contribution < 1.29 is 30.8 Å². The molecule has 1 amide bonds. The zero-order valence-electron chi connectivity index (χ0n) is 17.7. The molecular formula is C21H25FN2O6S2. The molecule has 1 N–H and O–H groups in total. The van der Waals surface area contributed by atoms with Gasteiger partial charge in [-0.2, -0.15) is 0 Å². The molecule has 11 heteroatoms. The lowest BCUT2D eigenvalue weighted by atomic mass is 10.1. The fourth-order valence-corrected chi connectivity index (χ4v) is 6.47. The lowest BCUT2D eigenvalue weighted by Crippen LogP contribution is -2.47. The average Bonchev–Trinajstić information content (AvgIpc) is 2.74. The predicted octanol–water partition coefficient (Wildman–Crippen LogP) is 1.88. The standard InChI is InChI=1S/C21H25FN2O6S2/c1-15-3-6-19(31(26,27)18-7-4-16(22)5-8-18)13-20(15)32(28,29)23-17-9-11-24(12-10-17)21(25)14-30-2/h3-8,13,17,23H,9-12,14H2,1-2H3. The summed E-state index contributed by atoms with van der Waals surface area (Å²) in [5.41, 5.74) is 0.392. The minimum Gasteiger partial charge on any atom is -0.375 e. The van der Waals surface area contributed by atoms with Crippen LogP contribution >= 0.6 is 0 Å². The van der Waals surface area contributed by atoms with Crippen LogP contribution < -0.4 is 4.72 Å². The van der Waals surface area contributed by atoms with Gasteiger partial charge in [-0.1, -0.05) is 6.07 Å². The third-order valence-electron chi connectivity index (χ3n) is 5.32. The molecule has 1 aliphatic heterocycles. The van der Waals surface area contributed by atoms with Crippen molar-refractivity contribution in [1.82, 2.24) is 9.62 Å². The summed E-state index contributed by atoms with van der Waals surface area (Å²) < 4.78 is 72.5. The fourth-order valence-electron chi connectivity index (χ4n) is 3.53. The van der Waals surface area contributed by atoms with E-state index in [0.29, 0.717) is 31.5 Å². The van der Waals surface area contributed by atoms with Crippen molar-refractivity contribution >= 4 is 25.8 Å². The molecule has 1 heterocycles. The number of methoxy groups -OCH3 is 1. The first-order valence-electron chi connectivity index (χ1n) is 9.95. The first-order chi connectivity index (χ1) is 15.0. The Labute approximate surface area is 187 Å². The largest absolute Gasteiger partial charge is 0.375 e. The van der Waals surface area contributed by atoms with Crippen LogP contribution in [0.25, 0.3) is 0 Å². The Morgan fingerprint density at radius 1 is 1.06 bits per heavy atom. The number of rotatable bonds is 7. The van der Waals surface area contributed by atoms with Crippen LogP contribution in [-0.2, 0) is 29.4 Å². The van der Waals surface area contributed by atoms with E-state index in [4.69, 9.17) is 4.74 Å². The van der Waals surface area contributed by atoms with Crippen molar-refractivity contribution in [3.63, 3.8) is 0 Å². The molecule has 2 aromatic rings. The number of nitrogens with zero attached hydrogens (tertiary/aromatic N) is 1. The highest BCUT2D eigenvalue weighted by atomic mass is 32.2. The highest BCUT2D eigenvalue weighted by Gasteiger charge is 2.28. The summed E-state index contributed by atoms with van der Waals surface area (Å²) in [6, 6.07) is 7.82. The van der Waals surface area contributed by atoms with Gasteiger partial charge in [0.1, 0.15) is 12.4 Å². The van der Waals surface area contributed by atoms with Gasteiger partial charge in [0.2, 0.25) is 25.8 Å². The number of hydrogen-bond donors (Lipinski definition) is 1. The Hall–Kier alpha value is -2.34. The van der Waals surface area contributed by atoms with Crippen molar-refractivity contribution in [3.8, 4) is 0 Å². The summed E-state index contributed by atoms with van der Waals surface area (Å²) >= 11 is 0. The molecule has 3 rings (SSSR count). The maximum atomic E-state index is 13.2. The fraction of sp³-hybridized carbons (Fsp3) is 0.381. The summed E-state index contributed by atoms with van der Waals surface area (Å²) in [5.74, 6) is -0.723. The number of sulfone groups is 1. The first kappa shape index (κ1) is 24.3. The minimum absolute atomic E-state index is 0.0229. The number of ether oxygens (including phenoxy) is 1. The van der Waals surface area contributed by atoms with E-state index in [1.54, 1.807) is 11.8 Å². The van der Waals surface area contributed by atoms with Crippen molar-refractivity contribution in [3.05, 3.63) is 53.8 Å². The lowest BCUT2D eigenvalue weighted by Gasteiger charge is -2.32. The Balaban J connectivity index is 1.80. The van der Waals surface area contributed by atoms with Gasteiger partial charge in [0.15, 0.2) is 0 Å². The van der Waals surface area contributed by atoms with Gasteiger partial charge in [0, 0.05) is 26.2 Å². The second-order valence-corrected chi connectivity index (χ2v) is 11.2. The van der Waals surface area contributed by atoms with E-state index in [1.165, 1.54) is 19.2 Å². The van der Waals surface area contributed by atoms with Crippen molar-refractivity contribution in [2.24, 2.45) is 0 Å². The molecular weight excluding hydrogens is 459 g/mol. The van der Waals surface area contributed by atoms with E-state index in [-0.39, 0.29) is 33.2 Å². The maximum Gasteiger partial charge on any atom is 0.248 e. The molecule has 8 nitrogen and oxygen atoms in total. The Morgan fingerprint density at radius 2 is 1.66 bits per heavy atom. The van der Waals surface area contributed by atoms with Crippen LogP contribution in [-0.4, -0.2) is 60.5 Å². The van der Waals surface area contributed by atoms with Crippen molar-refractivity contribution in [1.29, 1.82) is 0 Å². The lowest BCUT2D eigenvalue weighted by molar-refractivity contribution is -0.136. The summed E-state index contributed by atoms with van der Waals surface area (Å²) in [6.07, 6.45) is 0.864. The molecule has 0 bridgehead atoms. The number of likely N-dealkylation sites (tertiary alicyclic amines) is 1. The highest BCUT2D eigenvalue weighted by Crippen LogP contribution is 2.26. The molecule has 0 aliphatic carbocycles.